The predicted octanol–water partition coefficient (Wildman–Crippen LogP) is 2.87. The van der Waals surface area contributed by atoms with E-state index in [4.69, 9.17) is 10.5 Å². The number of thiophene rings is 1. The van der Waals surface area contributed by atoms with Gasteiger partial charge in [0.2, 0.25) is 0 Å². The van der Waals surface area contributed by atoms with E-state index >= 15 is 0 Å². The lowest BCUT2D eigenvalue weighted by molar-refractivity contribution is 0.415. The number of nitrogens with one attached hydrogen (secondary N) is 1. The van der Waals surface area contributed by atoms with Crippen molar-refractivity contribution in [2.75, 3.05) is 19.0 Å². The number of rotatable bonds is 5. The molecule has 3 nitrogen and oxygen atoms in total. The Kier molecular flexibility index (Phi) is 4.01. The molecule has 90 valence electrons. The van der Waals surface area contributed by atoms with Crippen molar-refractivity contribution in [3.05, 3.63) is 46.7 Å². The normalized spacial score (nSPS) is 12.1. The van der Waals surface area contributed by atoms with Crippen LogP contribution in [-0.2, 0) is 0 Å². The molecule has 4 heteroatoms. The molecule has 0 aliphatic carbocycles. The Morgan fingerprint density at radius 2 is 2.06 bits per heavy atom. The molecule has 17 heavy (non-hydrogen) atoms. The first kappa shape index (κ1) is 12.0. The molecule has 0 radical (unpaired) electrons. The second-order valence-electron chi connectivity index (χ2n) is 3.68. The summed E-state index contributed by atoms with van der Waals surface area (Å²) >= 11 is 1.72. The van der Waals surface area contributed by atoms with Gasteiger partial charge in [0, 0.05) is 17.1 Å². The Bertz CT molecular complexity index is 439. The highest BCUT2D eigenvalue weighted by Crippen LogP contribution is 2.24. The van der Waals surface area contributed by atoms with Gasteiger partial charge in [-0.05, 0) is 35.7 Å². The smallest absolute Gasteiger partial charge is 0.119 e. The second-order valence-corrected chi connectivity index (χ2v) is 4.66. The lowest BCUT2D eigenvalue weighted by Gasteiger charge is -2.16. The van der Waals surface area contributed by atoms with Crippen LogP contribution in [0.3, 0.4) is 0 Å². The van der Waals surface area contributed by atoms with Crippen molar-refractivity contribution >= 4 is 17.0 Å². The van der Waals surface area contributed by atoms with Crippen LogP contribution in [0.25, 0.3) is 0 Å². The van der Waals surface area contributed by atoms with E-state index in [9.17, 15) is 0 Å². The molecule has 1 aromatic carbocycles. The van der Waals surface area contributed by atoms with Gasteiger partial charge in [-0.15, -0.1) is 11.3 Å². The summed E-state index contributed by atoms with van der Waals surface area (Å²) in [5, 5.41) is 5.48. The average Bonchev–Trinajstić information content (AvgIpc) is 2.90. The Hall–Kier alpha value is -1.52. The van der Waals surface area contributed by atoms with Gasteiger partial charge in [-0.3, -0.25) is 0 Å². The van der Waals surface area contributed by atoms with E-state index in [1.54, 1.807) is 18.4 Å². The van der Waals surface area contributed by atoms with Gasteiger partial charge in [0.1, 0.15) is 5.75 Å². The van der Waals surface area contributed by atoms with Gasteiger partial charge in [0.15, 0.2) is 0 Å². The van der Waals surface area contributed by atoms with Crippen LogP contribution < -0.4 is 15.8 Å². The lowest BCUT2D eigenvalue weighted by Crippen LogP contribution is -2.19. The summed E-state index contributed by atoms with van der Waals surface area (Å²) < 4.78 is 5.12. The molecular formula is C13H16N2OS. The van der Waals surface area contributed by atoms with Crippen molar-refractivity contribution in [1.82, 2.24) is 0 Å². The molecule has 1 atom stereocenters. The molecule has 2 aromatic rings. The van der Waals surface area contributed by atoms with Crippen molar-refractivity contribution < 1.29 is 4.74 Å². The molecule has 0 aliphatic rings. The van der Waals surface area contributed by atoms with Crippen molar-refractivity contribution in [2.24, 2.45) is 5.73 Å². The molecule has 0 saturated carbocycles. The number of methoxy groups -OCH3 is 1. The summed E-state index contributed by atoms with van der Waals surface area (Å²) in [6.07, 6.45) is 0. The van der Waals surface area contributed by atoms with E-state index in [1.165, 1.54) is 4.88 Å². The average molecular weight is 248 g/mol. The van der Waals surface area contributed by atoms with Gasteiger partial charge in [-0.2, -0.15) is 0 Å². The van der Waals surface area contributed by atoms with Crippen LogP contribution in [-0.4, -0.2) is 13.7 Å². The molecule has 0 bridgehead atoms. The van der Waals surface area contributed by atoms with Crippen LogP contribution >= 0.6 is 11.3 Å². The molecule has 3 N–H and O–H groups in total. The van der Waals surface area contributed by atoms with E-state index in [0.717, 1.165) is 11.4 Å². The highest BCUT2D eigenvalue weighted by Gasteiger charge is 2.09. The van der Waals surface area contributed by atoms with Crippen LogP contribution in [0.4, 0.5) is 5.69 Å². The first-order valence-corrected chi connectivity index (χ1v) is 6.35. The monoisotopic (exact) mass is 248 g/mol. The van der Waals surface area contributed by atoms with Gasteiger partial charge < -0.3 is 15.8 Å². The second kappa shape index (κ2) is 5.70. The topological polar surface area (TPSA) is 47.3 Å². The molecule has 0 aliphatic heterocycles. The Morgan fingerprint density at radius 3 is 2.59 bits per heavy atom. The quantitative estimate of drug-likeness (QED) is 0.855. The fourth-order valence-electron chi connectivity index (χ4n) is 1.62. The molecule has 0 spiro atoms. The molecule has 1 aromatic heterocycles. The summed E-state index contributed by atoms with van der Waals surface area (Å²) in [5.74, 6) is 0.857. The number of hydrogen-bond donors (Lipinski definition) is 2. The Morgan fingerprint density at radius 1 is 1.29 bits per heavy atom. The molecule has 0 amide bonds. The van der Waals surface area contributed by atoms with Crippen LogP contribution in [0, 0.1) is 0 Å². The summed E-state index contributed by atoms with van der Waals surface area (Å²) in [6, 6.07) is 12.2. The molecule has 0 saturated heterocycles. The van der Waals surface area contributed by atoms with Crippen LogP contribution in [0.1, 0.15) is 10.9 Å². The highest BCUT2D eigenvalue weighted by atomic mass is 32.1. The van der Waals surface area contributed by atoms with Crippen LogP contribution in [0.15, 0.2) is 41.8 Å². The van der Waals surface area contributed by atoms with Gasteiger partial charge in [0.05, 0.1) is 13.2 Å². The van der Waals surface area contributed by atoms with Crippen LogP contribution in [0.2, 0.25) is 0 Å². The first-order chi connectivity index (χ1) is 8.33. The maximum absolute atomic E-state index is 5.79. The largest absolute Gasteiger partial charge is 0.497 e. The fourth-order valence-corrected chi connectivity index (χ4v) is 2.42. The van der Waals surface area contributed by atoms with Crippen molar-refractivity contribution in [1.29, 1.82) is 0 Å². The molecule has 0 fully saturated rings. The predicted molar refractivity (Wildman–Crippen MR) is 72.7 cm³/mol. The third-order valence-corrected chi connectivity index (χ3v) is 3.54. The van der Waals surface area contributed by atoms with E-state index in [1.807, 2.05) is 30.3 Å². The maximum atomic E-state index is 5.79. The number of hydrogen-bond acceptors (Lipinski definition) is 4. The fraction of sp³-hybridized carbons (Fsp3) is 0.231. The third kappa shape index (κ3) is 2.99. The van der Waals surface area contributed by atoms with E-state index in [0.29, 0.717) is 6.54 Å². The summed E-state index contributed by atoms with van der Waals surface area (Å²) in [4.78, 5) is 1.25. The summed E-state index contributed by atoms with van der Waals surface area (Å²) in [7, 11) is 1.66. The zero-order valence-corrected chi connectivity index (χ0v) is 10.5. The minimum Gasteiger partial charge on any atom is -0.497 e. The molecule has 1 unspecified atom stereocenters. The standard InChI is InChI=1S/C13H16N2OS/c1-16-11-6-4-10(5-7-11)15-12(9-14)13-3-2-8-17-13/h2-8,12,15H,9,14H2,1H3. The maximum Gasteiger partial charge on any atom is 0.119 e. The van der Waals surface area contributed by atoms with Crippen molar-refractivity contribution in [2.45, 2.75) is 6.04 Å². The number of anilines is 1. The van der Waals surface area contributed by atoms with Gasteiger partial charge in [0.25, 0.3) is 0 Å². The van der Waals surface area contributed by atoms with E-state index < -0.39 is 0 Å². The zero-order chi connectivity index (χ0) is 12.1. The molecular weight excluding hydrogens is 232 g/mol. The zero-order valence-electron chi connectivity index (χ0n) is 9.72. The van der Waals surface area contributed by atoms with E-state index in [2.05, 4.69) is 16.8 Å². The lowest BCUT2D eigenvalue weighted by atomic mass is 10.2. The minimum atomic E-state index is 0.170. The van der Waals surface area contributed by atoms with Gasteiger partial charge >= 0.3 is 0 Å². The molecule has 1 heterocycles. The summed E-state index contributed by atoms with van der Waals surface area (Å²) in [5.41, 5.74) is 6.84. The van der Waals surface area contributed by atoms with Gasteiger partial charge in [-0.25, -0.2) is 0 Å². The van der Waals surface area contributed by atoms with E-state index in [-0.39, 0.29) is 6.04 Å². The highest BCUT2D eigenvalue weighted by molar-refractivity contribution is 7.10. The third-order valence-electron chi connectivity index (χ3n) is 2.55. The Labute approximate surface area is 105 Å². The Balaban J connectivity index is 2.07. The SMILES string of the molecule is COc1ccc(NC(CN)c2cccs2)cc1. The van der Waals surface area contributed by atoms with Crippen molar-refractivity contribution in [3.63, 3.8) is 0 Å². The number of benzene rings is 1. The number of nitrogens with two attached hydrogens (primary N) is 1. The van der Waals surface area contributed by atoms with Crippen molar-refractivity contribution in [3.8, 4) is 5.75 Å². The molecule has 2 rings (SSSR count). The summed E-state index contributed by atoms with van der Waals surface area (Å²) in [6.45, 7) is 0.576. The van der Waals surface area contributed by atoms with Crippen LogP contribution in [0.5, 0.6) is 5.75 Å². The number of ether oxygens (including phenoxy) is 1. The van der Waals surface area contributed by atoms with Gasteiger partial charge in [-0.1, -0.05) is 6.07 Å². The first-order valence-electron chi connectivity index (χ1n) is 5.47. The minimum absolute atomic E-state index is 0.170.